The molecule has 1 aromatic rings. The molecule has 1 atom stereocenters. The highest BCUT2D eigenvalue weighted by Crippen LogP contribution is 2.32. The van der Waals surface area contributed by atoms with Gasteiger partial charge >= 0.3 is 0 Å². The number of amides is 1. The van der Waals surface area contributed by atoms with Crippen molar-refractivity contribution in [2.24, 2.45) is 0 Å². The molecule has 0 radical (unpaired) electrons. The van der Waals surface area contributed by atoms with E-state index in [1.807, 2.05) is 0 Å². The van der Waals surface area contributed by atoms with E-state index < -0.39 is 16.1 Å². The molecule has 8 heteroatoms. The smallest absolute Gasteiger partial charge is 0.257 e. The lowest BCUT2D eigenvalue weighted by molar-refractivity contribution is -0.131. The summed E-state index contributed by atoms with van der Waals surface area (Å²) in [7, 11) is -0.535. The molecular weight excluding hydrogens is 318 g/mol. The number of rotatable bonds is 3. The number of nitrogens with zero attached hydrogens (tertiary/aromatic N) is 2. The van der Waals surface area contributed by atoms with E-state index in [2.05, 4.69) is 5.32 Å². The van der Waals surface area contributed by atoms with Crippen LogP contribution in [0.5, 0.6) is 0 Å². The van der Waals surface area contributed by atoms with E-state index in [1.165, 1.54) is 18.4 Å². The summed E-state index contributed by atoms with van der Waals surface area (Å²) in [6, 6.07) is 4.98. The van der Waals surface area contributed by atoms with Crippen LogP contribution in [-0.2, 0) is 26.0 Å². The van der Waals surface area contributed by atoms with Gasteiger partial charge in [-0.05, 0) is 24.1 Å². The Hall–Kier alpha value is -1.48. The maximum atomic E-state index is 12.7. The van der Waals surface area contributed by atoms with Crippen molar-refractivity contribution in [2.45, 2.75) is 17.4 Å². The number of anilines is 1. The predicted molar refractivity (Wildman–Crippen MR) is 86.0 cm³/mol. The summed E-state index contributed by atoms with van der Waals surface area (Å²) in [4.78, 5) is 14.5. The highest BCUT2D eigenvalue weighted by atomic mass is 32.2. The lowest BCUT2D eigenvalue weighted by atomic mass is 10.2. The predicted octanol–water partition coefficient (Wildman–Crippen LogP) is -0.186. The molecule has 2 aliphatic heterocycles. The second-order valence-electron chi connectivity index (χ2n) is 5.88. The standard InChI is InChI=1S/C15H21N3O4S/c1-17(2)23(20,21)12-4-3-11-5-7-18(13(11)9-12)15(19)14-10-16-6-8-22-14/h3-4,9,14,16H,5-8,10H2,1-2H3. The van der Waals surface area contributed by atoms with Crippen molar-refractivity contribution in [3.05, 3.63) is 23.8 Å². The molecule has 2 heterocycles. The first-order valence-corrected chi connectivity index (χ1v) is 9.04. The fraction of sp³-hybridized carbons (Fsp3) is 0.533. The van der Waals surface area contributed by atoms with E-state index in [4.69, 9.17) is 4.74 Å². The summed E-state index contributed by atoms with van der Waals surface area (Å²) < 4.78 is 31.3. The van der Waals surface area contributed by atoms with Gasteiger partial charge in [0, 0.05) is 39.4 Å². The lowest BCUT2D eigenvalue weighted by Gasteiger charge is -2.27. The average molecular weight is 339 g/mol. The van der Waals surface area contributed by atoms with E-state index in [-0.39, 0.29) is 10.8 Å². The van der Waals surface area contributed by atoms with Crippen LogP contribution in [0.15, 0.2) is 23.1 Å². The van der Waals surface area contributed by atoms with Crippen LogP contribution in [0.4, 0.5) is 5.69 Å². The molecule has 1 amide bonds. The van der Waals surface area contributed by atoms with Gasteiger partial charge in [0.1, 0.15) is 6.10 Å². The Kier molecular flexibility index (Phi) is 4.41. The Morgan fingerprint density at radius 1 is 1.39 bits per heavy atom. The molecule has 0 aromatic heterocycles. The number of hydrogen-bond donors (Lipinski definition) is 1. The van der Waals surface area contributed by atoms with Crippen LogP contribution in [0.25, 0.3) is 0 Å². The van der Waals surface area contributed by atoms with Crippen LogP contribution in [0, 0.1) is 0 Å². The summed E-state index contributed by atoms with van der Waals surface area (Å²) in [6.07, 6.45) is 0.215. The fourth-order valence-corrected chi connectivity index (χ4v) is 3.78. The van der Waals surface area contributed by atoms with Crippen molar-refractivity contribution in [2.75, 3.05) is 45.2 Å². The largest absolute Gasteiger partial charge is 0.366 e. The minimum atomic E-state index is -3.52. The molecule has 1 saturated heterocycles. The highest BCUT2D eigenvalue weighted by Gasteiger charge is 2.33. The van der Waals surface area contributed by atoms with Crippen LogP contribution in [-0.4, -0.2) is 65.1 Å². The normalized spacial score (nSPS) is 21.5. The first-order valence-electron chi connectivity index (χ1n) is 7.60. The van der Waals surface area contributed by atoms with E-state index >= 15 is 0 Å². The molecule has 1 fully saturated rings. The first-order chi connectivity index (χ1) is 10.9. The van der Waals surface area contributed by atoms with Crippen molar-refractivity contribution in [1.29, 1.82) is 0 Å². The number of ether oxygens (including phenoxy) is 1. The maximum Gasteiger partial charge on any atom is 0.257 e. The first kappa shape index (κ1) is 16.4. The van der Waals surface area contributed by atoms with Crippen molar-refractivity contribution in [3.8, 4) is 0 Å². The van der Waals surface area contributed by atoms with Crippen LogP contribution >= 0.6 is 0 Å². The summed E-state index contributed by atoms with van der Waals surface area (Å²) in [5.74, 6) is -0.115. The van der Waals surface area contributed by atoms with Crippen molar-refractivity contribution >= 4 is 21.6 Å². The third-order valence-corrected chi connectivity index (χ3v) is 6.01. The van der Waals surface area contributed by atoms with Gasteiger partial charge in [-0.1, -0.05) is 6.07 Å². The molecule has 0 bridgehead atoms. The minimum Gasteiger partial charge on any atom is -0.366 e. The van der Waals surface area contributed by atoms with Gasteiger partial charge in [-0.15, -0.1) is 0 Å². The number of morpholine rings is 1. The van der Waals surface area contributed by atoms with Crippen LogP contribution in [0.1, 0.15) is 5.56 Å². The SMILES string of the molecule is CN(C)S(=O)(=O)c1ccc2c(c1)N(C(=O)C1CNCCO1)CC2. The zero-order valence-electron chi connectivity index (χ0n) is 13.3. The topological polar surface area (TPSA) is 79.0 Å². The monoisotopic (exact) mass is 339 g/mol. The van der Waals surface area contributed by atoms with E-state index in [0.717, 1.165) is 18.5 Å². The Morgan fingerprint density at radius 2 is 2.17 bits per heavy atom. The van der Waals surface area contributed by atoms with Crippen molar-refractivity contribution < 1.29 is 17.9 Å². The molecule has 0 aliphatic carbocycles. The summed E-state index contributed by atoms with van der Waals surface area (Å²) in [5, 5.41) is 3.14. The molecule has 1 unspecified atom stereocenters. The number of fused-ring (bicyclic) bond motifs is 1. The highest BCUT2D eigenvalue weighted by molar-refractivity contribution is 7.89. The van der Waals surface area contributed by atoms with Crippen LogP contribution < -0.4 is 10.2 Å². The fourth-order valence-electron chi connectivity index (χ4n) is 2.86. The van der Waals surface area contributed by atoms with Gasteiger partial charge in [0.05, 0.1) is 11.5 Å². The molecule has 23 heavy (non-hydrogen) atoms. The van der Waals surface area contributed by atoms with Gasteiger partial charge in [0.15, 0.2) is 0 Å². The van der Waals surface area contributed by atoms with Crippen LogP contribution in [0.3, 0.4) is 0 Å². The third-order valence-electron chi connectivity index (χ3n) is 4.20. The van der Waals surface area contributed by atoms with E-state index in [0.29, 0.717) is 25.4 Å². The number of nitrogens with one attached hydrogen (secondary N) is 1. The van der Waals surface area contributed by atoms with Gasteiger partial charge in [0.2, 0.25) is 10.0 Å². The van der Waals surface area contributed by atoms with Gasteiger partial charge in [0.25, 0.3) is 5.91 Å². The van der Waals surface area contributed by atoms with Gasteiger partial charge < -0.3 is 15.0 Å². The third kappa shape index (κ3) is 2.99. The molecule has 1 aromatic carbocycles. The second kappa shape index (κ2) is 6.20. The quantitative estimate of drug-likeness (QED) is 0.826. The second-order valence-corrected chi connectivity index (χ2v) is 8.03. The van der Waals surface area contributed by atoms with Crippen molar-refractivity contribution in [1.82, 2.24) is 9.62 Å². The Bertz CT molecular complexity index is 711. The zero-order valence-corrected chi connectivity index (χ0v) is 14.1. The van der Waals surface area contributed by atoms with Gasteiger partial charge in [-0.3, -0.25) is 4.79 Å². The van der Waals surface area contributed by atoms with Gasteiger partial charge in [-0.2, -0.15) is 0 Å². The van der Waals surface area contributed by atoms with Gasteiger partial charge in [-0.25, -0.2) is 12.7 Å². The zero-order chi connectivity index (χ0) is 16.6. The van der Waals surface area contributed by atoms with E-state index in [1.54, 1.807) is 23.1 Å². The molecule has 3 rings (SSSR count). The van der Waals surface area contributed by atoms with E-state index in [9.17, 15) is 13.2 Å². The summed E-state index contributed by atoms with van der Waals surface area (Å²) >= 11 is 0. The molecule has 1 N–H and O–H groups in total. The number of carbonyl (C=O) groups excluding carboxylic acids is 1. The molecule has 0 spiro atoms. The number of benzene rings is 1. The minimum absolute atomic E-state index is 0.115. The molecular formula is C15H21N3O4S. The summed E-state index contributed by atoms with van der Waals surface area (Å²) in [6.45, 7) is 2.29. The van der Waals surface area contributed by atoms with Crippen LogP contribution in [0.2, 0.25) is 0 Å². The molecule has 126 valence electrons. The number of sulfonamides is 1. The average Bonchev–Trinajstić information content (AvgIpc) is 2.97. The molecule has 2 aliphatic rings. The summed E-state index contributed by atoms with van der Waals surface area (Å²) in [5.41, 5.74) is 1.66. The number of hydrogen-bond acceptors (Lipinski definition) is 5. The Labute approximate surface area is 136 Å². The maximum absolute atomic E-state index is 12.7. The molecule has 7 nitrogen and oxygen atoms in total. The number of carbonyl (C=O) groups is 1. The van der Waals surface area contributed by atoms with Crippen molar-refractivity contribution in [3.63, 3.8) is 0 Å². The molecule has 0 saturated carbocycles. The lowest BCUT2D eigenvalue weighted by Crippen LogP contribution is -2.49. The Morgan fingerprint density at radius 3 is 2.83 bits per heavy atom. The Balaban J connectivity index is 1.91.